The number of aromatic nitrogens is 3. The van der Waals surface area contributed by atoms with Crippen LogP contribution >= 0.6 is 0 Å². The molecule has 0 aliphatic heterocycles. The van der Waals surface area contributed by atoms with Crippen LogP contribution in [0, 0.1) is 6.92 Å². The first-order valence-electron chi connectivity index (χ1n) is 5.48. The van der Waals surface area contributed by atoms with Crippen LogP contribution in [-0.4, -0.2) is 29.4 Å². The monoisotopic (exact) mass is 266 g/mol. The van der Waals surface area contributed by atoms with Crippen LogP contribution in [0.2, 0.25) is 0 Å². The molecule has 0 bridgehead atoms. The molecule has 0 saturated carbocycles. The Labute approximate surface area is 106 Å². The van der Waals surface area contributed by atoms with Gasteiger partial charge in [-0.05, 0) is 18.9 Å². The molecular formula is C11H14N4O2S. The molecule has 18 heavy (non-hydrogen) atoms. The minimum absolute atomic E-state index is 0.00456. The van der Waals surface area contributed by atoms with E-state index in [1.165, 1.54) is 0 Å². The second-order valence-corrected chi connectivity index (χ2v) is 5.74. The van der Waals surface area contributed by atoms with Gasteiger partial charge in [0.05, 0.1) is 5.75 Å². The summed E-state index contributed by atoms with van der Waals surface area (Å²) in [6, 6.07) is 9.45. The number of hydrogen-bond acceptors (Lipinski definition) is 4. The van der Waals surface area contributed by atoms with Gasteiger partial charge in [-0.3, -0.25) is 5.10 Å². The Morgan fingerprint density at radius 3 is 2.61 bits per heavy atom. The second-order valence-electron chi connectivity index (χ2n) is 3.90. The number of nitrogens with one attached hydrogen (secondary N) is 2. The Morgan fingerprint density at radius 1 is 1.28 bits per heavy atom. The van der Waals surface area contributed by atoms with E-state index >= 15 is 0 Å². The van der Waals surface area contributed by atoms with Crippen molar-refractivity contribution in [3.05, 3.63) is 41.7 Å². The van der Waals surface area contributed by atoms with Gasteiger partial charge in [-0.1, -0.05) is 30.3 Å². The lowest BCUT2D eigenvalue weighted by Gasteiger charge is -2.04. The Morgan fingerprint density at radius 2 is 2.00 bits per heavy atom. The molecule has 0 unspecified atom stereocenters. The molecule has 1 heterocycles. The van der Waals surface area contributed by atoms with E-state index in [1.807, 2.05) is 30.3 Å². The predicted octanol–water partition coefficient (Wildman–Crippen LogP) is 1.10. The summed E-state index contributed by atoms with van der Waals surface area (Å²) in [4.78, 5) is 3.89. The molecule has 1 aromatic heterocycles. The zero-order valence-corrected chi connectivity index (χ0v) is 10.7. The van der Waals surface area contributed by atoms with E-state index < -0.39 is 10.0 Å². The summed E-state index contributed by atoms with van der Waals surface area (Å²) in [6.45, 7) is 1.70. The lowest BCUT2D eigenvalue weighted by molar-refractivity contribution is 0.600. The van der Waals surface area contributed by atoms with Gasteiger partial charge in [-0.25, -0.2) is 13.1 Å². The maximum Gasteiger partial charge on any atom is 0.255 e. The fourth-order valence-electron chi connectivity index (χ4n) is 1.48. The van der Waals surface area contributed by atoms with Crippen molar-refractivity contribution in [2.75, 3.05) is 10.5 Å². The van der Waals surface area contributed by atoms with Crippen molar-refractivity contribution in [2.24, 2.45) is 0 Å². The number of hydrogen-bond donors (Lipinski definition) is 2. The first-order valence-corrected chi connectivity index (χ1v) is 7.14. The van der Waals surface area contributed by atoms with E-state index in [-0.39, 0.29) is 11.7 Å². The molecule has 0 fully saturated rings. The van der Waals surface area contributed by atoms with E-state index in [4.69, 9.17) is 0 Å². The highest BCUT2D eigenvalue weighted by atomic mass is 32.2. The molecule has 0 spiro atoms. The third-order valence-corrected chi connectivity index (χ3v) is 3.58. The zero-order chi connectivity index (χ0) is 13.0. The Hall–Kier alpha value is -1.89. The maximum absolute atomic E-state index is 11.8. The molecule has 0 amide bonds. The number of anilines is 1. The van der Waals surface area contributed by atoms with Crippen LogP contribution in [0.4, 0.5) is 5.95 Å². The van der Waals surface area contributed by atoms with Gasteiger partial charge in [0.15, 0.2) is 0 Å². The average Bonchev–Trinajstić information content (AvgIpc) is 2.73. The van der Waals surface area contributed by atoms with Gasteiger partial charge in [0.1, 0.15) is 5.82 Å². The van der Waals surface area contributed by atoms with E-state index in [1.54, 1.807) is 6.92 Å². The summed E-state index contributed by atoms with van der Waals surface area (Å²) in [5, 5.41) is 6.31. The topological polar surface area (TPSA) is 87.7 Å². The fraction of sp³-hybridized carbons (Fsp3) is 0.273. The van der Waals surface area contributed by atoms with Crippen LogP contribution in [0.3, 0.4) is 0 Å². The van der Waals surface area contributed by atoms with Crippen molar-refractivity contribution in [1.29, 1.82) is 0 Å². The highest BCUT2D eigenvalue weighted by Gasteiger charge is 2.13. The molecule has 0 radical (unpaired) electrons. The van der Waals surface area contributed by atoms with Crippen LogP contribution in [0.15, 0.2) is 30.3 Å². The van der Waals surface area contributed by atoms with Gasteiger partial charge in [-0.2, -0.15) is 4.98 Å². The maximum atomic E-state index is 11.8. The van der Waals surface area contributed by atoms with Gasteiger partial charge >= 0.3 is 0 Å². The first kappa shape index (κ1) is 12.6. The quantitative estimate of drug-likeness (QED) is 0.848. The van der Waals surface area contributed by atoms with Crippen molar-refractivity contribution in [2.45, 2.75) is 13.3 Å². The number of benzene rings is 1. The van der Waals surface area contributed by atoms with E-state index in [2.05, 4.69) is 19.9 Å². The van der Waals surface area contributed by atoms with Gasteiger partial charge < -0.3 is 0 Å². The Balaban J connectivity index is 1.96. The highest BCUT2D eigenvalue weighted by molar-refractivity contribution is 7.92. The lowest BCUT2D eigenvalue weighted by atomic mass is 10.2. The van der Waals surface area contributed by atoms with Gasteiger partial charge in [-0.15, -0.1) is 5.10 Å². The average molecular weight is 266 g/mol. The molecule has 0 saturated heterocycles. The molecule has 2 aromatic rings. The largest absolute Gasteiger partial charge is 0.261 e. The van der Waals surface area contributed by atoms with E-state index in [0.717, 1.165) is 5.56 Å². The van der Waals surface area contributed by atoms with Gasteiger partial charge in [0.25, 0.3) is 5.95 Å². The fourth-order valence-corrected chi connectivity index (χ4v) is 2.45. The number of aryl methyl sites for hydroxylation is 2. The summed E-state index contributed by atoms with van der Waals surface area (Å²) >= 11 is 0. The normalized spacial score (nSPS) is 11.4. The first-order chi connectivity index (χ1) is 8.55. The number of nitrogens with zero attached hydrogens (tertiary/aromatic N) is 2. The molecule has 1 aromatic carbocycles. The van der Waals surface area contributed by atoms with Crippen molar-refractivity contribution < 1.29 is 8.42 Å². The molecule has 0 atom stereocenters. The Bertz CT molecular complexity index is 607. The molecular weight excluding hydrogens is 252 g/mol. The summed E-state index contributed by atoms with van der Waals surface area (Å²) in [7, 11) is -3.41. The van der Waals surface area contributed by atoms with Crippen LogP contribution in [0.25, 0.3) is 0 Å². The Kier molecular flexibility index (Phi) is 3.61. The minimum Gasteiger partial charge on any atom is -0.261 e. The van der Waals surface area contributed by atoms with Gasteiger partial charge in [0, 0.05) is 0 Å². The molecule has 0 aliphatic carbocycles. The third kappa shape index (κ3) is 3.56. The summed E-state index contributed by atoms with van der Waals surface area (Å²) in [5.41, 5.74) is 0.981. The van der Waals surface area contributed by atoms with E-state index in [0.29, 0.717) is 12.2 Å². The number of sulfonamides is 1. The smallest absolute Gasteiger partial charge is 0.255 e. The number of aromatic amines is 1. The summed E-state index contributed by atoms with van der Waals surface area (Å²) < 4.78 is 25.9. The summed E-state index contributed by atoms with van der Waals surface area (Å²) in [6.07, 6.45) is 0.458. The van der Waals surface area contributed by atoms with Crippen molar-refractivity contribution >= 4 is 16.0 Å². The van der Waals surface area contributed by atoms with Crippen molar-refractivity contribution in [1.82, 2.24) is 15.2 Å². The molecule has 96 valence electrons. The standard InChI is InChI=1S/C11H14N4O2S/c1-9-12-11(14-13-9)15-18(16,17)8-7-10-5-3-2-4-6-10/h2-6H,7-8H2,1H3,(H2,12,13,14,15). The second kappa shape index (κ2) is 5.18. The zero-order valence-electron chi connectivity index (χ0n) is 9.92. The molecule has 6 nitrogen and oxygen atoms in total. The SMILES string of the molecule is Cc1nc(NS(=O)(=O)CCc2ccccc2)n[nH]1. The molecule has 0 aliphatic rings. The van der Waals surface area contributed by atoms with Crippen molar-refractivity contribution in [3.63, 3.8) is 0 Å². The lowest BCUT2D eigenvalue weighted by Crippen LogP contribution is -2.19. The number of rotatable bonds is 5. The summed E-state index contributed by atoms with van der Waals surface area (Å²) in [5.74, 6) is 0.654. The van der Waals surface area contributed by atoms with Crippen LogP contribution in [0.5, 0.6) is 0 Å². The molecule has 2 rings (SSSR count). The molecule has 2 N–H and O–H groups in total. The highest BCUT2D eigenvalue weighted by Crippen LogP contribution is 2.05. The predicted molar refractivity (Wildman–Crippen MR) is 68.7 cm³/mol. The minimum atomic E-state index is -3.41. The third-order valence-electron chi connectivity index (χ3n) is 2.35. The van der Waals surface area contributed by atoms with Gasteiger partial charge in [0.2, 0.25) is 10.0 Å². The van der Waals surface area contributed by atoms with Crippen LogP contribution in [-0.2, 0) is 16.4 Å². The molecule has 7 heteroatoms. The number of H-pyrrole nitrogens is 1. The van der Waals surface area contributed by atoms with E-state index in [9.17, 15) is 8.42 Å². The van der Waals surface area contributed by atoms with Crippen LogP contribution in [0.1, 0.15) is 11.4 Å². The van der Waals surface area contributed by atoms with Crippen LogP contribution < -0.4 is 4.72 Å². The van der Waals surface area contributed by atoms with Crippen molar-refractivity contribution in [3.8, 4) is 0 Å².